The van der Waals surface area contributed by atoms with E-state index in [0.29, 0.717) is 5.91 Å². The molecule has 1 aromatic heterocycles. The number of carbonyl (C=O) groups excluding carboxylic acids is 1. The fraction of sp³-hybridized carbons (Fsp3) is 0.522. The lowest BCUT2D eigenvalue weighted by atomic mass is 9.86. The molecular formula is C23H30N4O. The minimum absolute atomic E-state index is 0.329. The van der Waals surface area contributed by atoms with Crippen LogP contribution in [0.2, 0.25) is 0 Å². The third kappa shape index (κ3) is 4.70. The Hall–Kier alpha value is -2.43. The zero-order chi connectivity index (χ0) is 19.2. The first-order valence-corrected chi connectivity index (χ1v) is 10.7. The smallest absolute Gasteiger partial charge is 0.222 e. The molecule has 0 unspecified atom stereocenters. The summed E-state index contributed by atoms with van der Waals surface area (Å²) in [5.41, 5.74) is 1.97. The van der Waals surface area contributed by atoms with Crippen molar-refractivity contribution >= 4 is 11.7 Å². The van der Waals surface area contributed by atoms with E-state index in [1.165, 1.54) is 32.1 Å². The molecule has 0 spiro atoms. The highest BCUT2D eigenvalue weighted by molar-refractivity contribution is 5.76. The molecule has 1 aliphatic heterocycles. The zero-order valence-electron chi connectivity index (χ0n) is 16.6. The topological polar surface area (TPSA) is 49.3 Å². The molecule has 2 aromatic rings. The fourth-order valence-corrected chi connectivity index (χ4v) is 4.40. The van der Waals surface area contributed by atoms with Gasteiger partial charge in [0.2, 0.25) is 5.91 Å². The predicted octanol–water partition coefficient (Wildman–Crippen LogP) is 4.15. The molecule has 1 saturated heterocycles. The maximum Gasteiger partial charge on any atom is 0.222 e. The van der Waals surface area contributed by atoms with Crippen molar-refractivity contribution in [3.63, 3.8) is 0 Å². The molecule has 1 saturated carbocycles. The van der Waals surface area contributed by atoms with Gasteiger partial charge in [-0.1, -0.05) is 62.4 Å². The number of amides is 1. The SMILES string of the molecule is O=C(CCC1CCCCC1)N1CCN(c2ccc(-c3ccccc3)nn2)CC1. The molecule has 28 heavy (non-hydrogen) atoms. The van der Waals surface area contributed by atoms with Crippen LogP contribution < -0.4 is 4.90 Å². The molecule has 1 amide bonds. The zero-order valence-corrected chi connectivity index (χ0v) is 16.6. The van der Waals surface area contributed by atoms with Crippen LogP contribution in [0.5, 0.6) is 0 Å². The summed E-state index contributed by atoms with van der Waals surface area (Å²) >= 11 is 0. The summed E-state index contributed by atoms with van der Waals surface area (Å²) in [4.78, 5) is 16.8. The van der Waals surface area contributed by atoms with Gasteiger partial charge in [0.15, 0.2) is 5.82 Å². The number of hydrogen-bond acceptors (Lipinski definition) is 4. The summed E-state index contributed by atoms with van der Waals surface area (Å²) in [7, 11) is 0. The highest BCUT2D eigenvalue weighted by Gasteiger charge is 2.23. The van der Waals surface area contributed by atoms with Gasteiger partial charge in [-0.3, -0.25) is 4.79 Å². The Morgan fingerprint density at radius 3 is 2.32 bits per heavy atom. The molecule has 0 radical (unpaired) electrons. The van der Waals surface area contributed by atoms with Gasteiger partial charge in [-0.15, -0.1) is 10.2 Å². The van der Waals surface area contributed by atoms with Gasteiger partial charge in [-0.25, -0.2) is 0 Å². The van der Waals surface area contributed by atoms with Crippen LogP contribution in [0.4, 0.5) is 5.82 Å². The number of anilines is 1. The minimum atomic E-state index is 0.329. The summed E-state index contributed by atoms with van der Waals surface area (Å²) in [5.74, 6) is 2.00. The van der Waals surface area contributed by atoms with E-state index in [-0.39, 0.29) is 0 Å². The van der Waals surface area contributed by atoms with Gasteiger partial charge in [-0.2, -0.15) is 0 Å². The highest BCUT2D eigenvalue weighted by atomic mass is 16.2. The third-order valence-corrected chi connectivity index (χ3v) is 6.17. The molecule has 0 bridgehead atoms. The molecule has 2 aliphatic rings. The van der Waals surface area contributed by atoms with Crippen LogP contribution in [0, 0.1) is 5.92 Å². The summed E-state index contributed by atoms with van der Waals surface area (Å²) in [5, 5.41) is 8.81. The summed E-state index contributed by atoms with van der Waals surface area (Å²) in [6.45, 7) is 3.22. The molecule has 2 fully saturated rings. The standard InChI is InChI=1S/C23H30N4O/c28-23(14-11-19-7-3-1-4-8-19)27-17-15-26(16-18-27)22-13-12-21(24-25-22)20-9-5-2-6-10-20/h2,5-6,9-10,12-13,19H,1,3-4,7-8,11,14-18H2. The Kier molecular flexibility index (Phi) is 6.20. The number of hydrogen-bond donors (Lipinski definition) is 0. The second-order valence-corrected chi connectivity index (χ2v) is 8.05. The number of rotatable bonds is 5. The van der Waals surface area contributed by atoms with E-state index in [1.807, 2.05) is 47.4 Å². The van der Waals surface area contributed by atoms with Crippen molar-refractivity contribution in [2.75, 3.05) is 31.1 Å². The van der Waals surface area contributed by atoms with E-state index >= 15 is 0 Å². The molecule has 4 rings (SSSR count). The lowest BCUT2D eigenvalue weighted by Gasteiger charge is -2.35. The summed E-state index contributed by atoms with van der Waals surface area (Å²) in [6.07, 6.45) is 8.50. The van der Waals surface area contributed by atoms with Gasteiger partial charge >= 0.3 is 0 Å². The normalized spacial score (nSPS) is 18.3. The number of nitrogens with zero attached hydrogens (tertiary/aromatic N) is 4. The van der Waals surface area contributed by atoms with Crippen LogP contribution in [0.25, 0.3) is 11.3 Å². The third-order valence-electron chi connectivity index (χ3n) is 6.17. The first kappa shape index (κ1) is 18.9. The van der Waals surface area contributed by atoms with Crippen molar-refractivity contribution in [3.05, 3.63) is 42.5 Å². The van der Waals surface area contributed by atoms with E-state index in [9.17, 15) is 4.79 Å². The van der Waals surface area contributed by atoms with Crippen molar-refractivity contribution in [2.24, 2.45) is 5.92 Å². The molecule has 1 aromatic carbocycles. The van der Waals surface area contributed by atoms with Crippen molar-refractivity contribution in [1.82, 2.24) is 15.1 Å². The number of carbonyl (C=O) groups is 1. The highest BCUT2D eigenvalue weighted by Crippen LogP contribution is 2.27. The number of piperazine rings is 1. The minimum Gasteiger partial charge on any atom is -0.352 e. The Bertz CT molecular complexity index is 748. The van der Waals surface area contributed by atoms with Crippen LogP contribution >= 0.6 is 0 Å². The molecule has 0 N–H and O–H groups in total. The molecule has 5 heteroatoms. The summed E-state index contributed by atoms with van der Waals surface area (Å²) < 4.78 is 0. The lowest BCUT2D eigenvalue weighted by molar-refractivity contribution is -0.131. The average Bonchev–Trinajstić information content (AvgIpc) is 2.79. The Labute approximate surface area is 167 Å². The monoisotopic (exact) mass is 378 g/mol. The van der Waals surface area contributed by atoms with E-state index in [2.05, 4.69) is 15.1 Å². The molecule has 1 aliphatic carbocycles. The van der Waals surface area contributed by atoms with E-state index in [0.717, 1.165) is 62.0 Å². The Morgan fingerprint density at radius 2 is 1.64 bits per heavy atom. The maximum absolute atomic E-state index is 12.6. The van der Waals surface area contributed by atoms with Crippen molar-refractivity contribution in [2.45, 2.75) is 44.9 Å². The maximum atomic E-state index is 12.6. The first-order chi connectivity index (χ1) is 13.8. The van der Waals surface area contributed by atoms with Gasteiger partial charge in [0.25, 0.3) is 0 Å². The molecule has 5 nitrogen and oxygen atoms in total. The summed E-state index contributed by atoms with van der Waals surface area (Å²) in [6, 6.07) is 14.2. The van der Waals surface area contributed by atoms with Crippen molar-refractivity contribution in [1.29, 1.82) is 0 Å². The second-order valence-electron chi connectivity index (χ2n) is 8.05. The fourth-order valence-electron chi connectivity index (χ4n) is 4.40. The molecule has 0 atom stereocenters. The van der Waals surface area contributed by atoms with Crippen LogP contribution in [0.15, 0.2) is 42.5 Å². The van der Waals surface area contributed by atoms with Crippen LogP contribution in [-0.2, 0) is 4.79 Å². The first-order valence-electron chi connectivity index (χ1n) is 10.7. The van der Waals surface area contributed by atoms with Crippen LogP contribution in [-0.4, -0.2) is 47.2 Å². The van der Waals surface area contributed by atoms with E-state index < -0.39 is 0 Å². The Balaban J connectivity index is 1.26. The molecule has 2 heterocycles. The second kappa shape index (κ2) is 9.18. The Morgan fingerprint density at radius 1 is 0.893 bits per heavy atom. The number of benzene rings is 1. The van der Waals surface area contributed by atoms with Crippen molar-refractivity contribution < 1.29 is 4.79 Å². The van der Waals surface area contributed by atoms with E-state index in [1.54, 1.807) is 0 Å². The van der Waals surface area contributed by atoms with Gasteiger partial charge in [0.05, 0.1) is 5.69 Å². The van der Waals surface area contributed by atoms with Crippen LogP contribution in [0.1, 0.15) is 44.9 Å². The van der Waals surface area contributed by atoms with Crippen LogP contribution in [0.3, 0.4) is 0 Å². The predicted molar refractivity (Wildman–Crippen MR) is 112 cm³/mol. The molecular weight excluding hydrogens is 348 g/mol. The van der Waals surface area contributed by atoms with Gasteiger partial charge in [0.1, 0.15) is 0 Å². The van der Waals surface area contributed by atoms with E-state index in [4.69, 9.17) is 0 Å². The van der Waals surface area contributed by atoms with Gasteiger partial charge < -0.3 is 9.80 Å². The largest absolute Gasteiger partial charge is 0.352 e. The van der Waals surface area contributed by atoms with Gasteiger partial charge in [-0.05, 0) is 24.5 Å². The van der Waals surface area contributed by atoms with Gasteiger partial charge in [0, 0.05) is 38.2 Å². The van der Waals surface area contributed by atoms with Crippen molar-refractivity contribution in [3.8, 4) is 11.3 Å². The lowest BCUT2D eigenvalue weighted by Crippen LogP contribution is -2.49. The quantitative estimate of drug-likeness (QED) is 0.784. The number of aromatic nitrogens is 2. The average molecular weight is 379 g/mol. The molecule has 148 valence electrons.